The molecule has 2 aromatic carbocycles. The van der Waals surface area contributed by atoms with Gasteiger partial charge in [0.2, 0.25) is 18.0 Å². The highest BCUT2D eigenvalue weighted by atomic mass is 32.1. The van der Waals surface area contributed by atoms with Crippen molar-refractivity contribution in [1.29, 1.82) is 0 Å². The van der Waals surface area contributed by atoms with Crippen LogP contribution in [0.15, 0.2) is 55.0 Å². The van der Waals surface area contributed by atoms with E-state index < -0.39 is 30.5 Å². The fourth-order valence-corrected chi connectivity index (χ4v) is 10.7. The van der Waals surface area contributed by atoms with Crippen LogP contribution in [0.1, 0.15) is 106 Å². The Labute approximate surface area is 393 Å². The van der Waals surface area contributed by atoms with Crippen molar-refractivity contribution in [3.8, 4) is 39.5 Å². The molecule has 6 aromatic rings. The zero-order valence-corrected chi connectivity index (χ0v) is 40.0. The highest BCUT2D eigenvalue weighted by molar-refractivity contribution is 7.11. The molecule has 4 aromatic heterocycles. The van der Waals surface area contributed by atoms with Crippen molar-refractivity contribution in [1.82, 2.24) is 49.9 Å². The van der Waals surface area contributed by atoms with Gasteiger partial charge in [-0.3, -0.25) is 14.2 Å². The highest BCUT2D eigenvalue weighted by Gasteiger charge is 2.40. The summed E-state index contributed by atoms with van der Waals surface area (Å²) in [6.07, 6.45) is 7.76. The first-order chi connectivity index (χ1) is 32.3. The third-order valence-corrected chi connectivity index (χ3v) is 14.5. The number of nitrogens with zero attached hydrogens (tertiary/aromatic N) is 6. The van der Waals surface area contributed by atoms with Gasteiger partial charge in [-0.05, 0) is 86.8 Å². The molecule has 0 saturated carbocycles. The molecular formula is C49H58N10O7S. The number of rotatable bonds is 12. The summed E-state index contributed by atoms with van der Waals surface area (Å²) >= 11 is 1.64. The number of fused-ring (bicyclic) bond motifs is 5. The van der Waals surface area contributed by atoms with Crippen LogP contribution in [0.25, 0.3) is 44.7 Å². The first kappa shape index (κ1) is 45.5. The largest absolute Gasteiger partial charge is 0.463 e. The highest BCUT2D eigenvalue weighted by Crippen LogP contribution is 2.48. The van der Waals surface area contributed by atoms with E-state index in [0.717, 1.165) is 98.0 Å². The van der Waals surface area contributed by atoms with E-state index >= 15 is 0 Å². The molecule has 0 bridgehead atoms. The van der Waals surface area contributed by atoms with E-state index in [4.69, 9.17) is 29.2 Å². The lowest BCUT2D eigenvalue weighted by atomic mass is 9.98. The third kappa shape index (κ3) is 8.51. The smallest absolute Gasteiger partial charge is 0.407 e. The van der Waals surface area contributed by atoms with Gasteiger partial charge in [-0.25, -0.2) is 24.5 Å². The van der Waals surface area contributed by atoms with Crippen molar-refractivity contribution in [3.05, 3.63) is 82.1 Å². The molecule has 18 heteroatoms. The Kier molecular flexibility index (Phi) is 12.6. The van der Waals surface area contributed by atoms with E-state index in [-0.39, 0.29) is 35.7 Å². The molecule has 9 rings (SSSR count). The van der Waals surface area contributed by atoms with Gasteiger partial charge >= 0.3 is 12.2 Å². The number of imidazole rings is 2. The average Bonchev–Trinajstić information content (AvgIpc) is 4.18. The van der Waals surface area contributed by atoms with Crippen LogP contribution in [0.4, 0.5) is 9.59 Å². The molecule has 2 fully saturated rings. The number of methoxy groups -OCH3 is 2. The van der Waals surface area contributed by atoms with Crippen LogP contribution in [0.3, 0.4) is 0 Å². The van der Waals surface area contributed by atoms with E-state index in [1.54, 1.807) is 11.3 Å². The Balaban J connectivity index is 1.03. The molecule has 3 aliphatic heterocycles. The molecule has 17 nitrogen and oxygen atoms in total. The number of ether oxygens (including phenoxy) is 3. The molecule has 2 saturated heterocycles. The predicted octanol–water partition coefficient (Wildman–Crippen LogP) is 8.44. The summed E-state index contributed by atoms with van der Waals surface area (Å²) in [5, 5.41) is 7.31. The van der Waals surface area contributed by atoms with E-state index in [1.807, 2.05) is 56.1 Å². The summed E-state index contributed by atoms with van der Waals surface area (Å²) < 4.78 is 18.9. The predicted molar refractivity (Wildman–Crippen MR) is 253 cm³/mol. The summed E-state index contributed by atoms with van der Waals surface area (Å²) in [5.74, 6) is 1.53. The van der Waals surface area contributed by atoms with Gasteiger partial charge < -0.3 is 44.6 Å². The van der Waals surface area contributed by atoms with Gasteiger partial charge in [0.05, 0.1) is 61.3 Å². The number of likely N-dealkylation sites (tertiary alicyclic amines) is 2. The van der Waals surface area contributed by atoms with Gasteiger partial charge in [-0.15, -0.1) is 11.3 Å². The van der Waals surface area contributed by atoms with Crippen molar-refractivity contribution >= 4 is 46.2 Å². The van der Waals surface area contributed by atoms with Gasteiger partial charge in [-0.2, -0.15) is 0 Å². The lowest BCUT2D eigenvalue weighted by Gasteiger charge is -2.30. The third-order valence-electron chi connectivity index (χ3n) is 13.3. The summed E-state index contributed by atoms with van der Waals surface area (Å²) in [6, 6.07) is 10.8. The molecule has 0 aliphatic carbocycles. The number of amides is 4. The van der Waals surface area contributed by atoms with E-state index in [0.29, 0.717) is 24.7 Å². The van der Waals surface area contributed by atoms with E-state index in [1.165, 1.54) is 14.2 Å². The number of carbonyl (C=O) groups is 4. The number of aromatic amines is 2. The second kappa shape index (κ2) is 18.5. The van der Waals surface area contributed by atoms with Gasteiger partial charge in [-0.1, -0.05) is 40.7 Å². The number of nitrogens with one attached hydrogen (secondary N) is 4. The maximum atomic E-state index is 13.8. The van der Waals surface area contributed by atoms with Crippen molar-refractivity contribution in [2.45, 2.75) is 104 Å². The Morgan fingerprint density at radius 3 is 1.91 bits per heavy atom. The first-order valence-corrected chi connectivity index (χ1v) is 23.9. The molecule has 5 atom stereocenters. The van der Waals surface area contributed by atoms with Crippen molar-refractivity contribution in [2.75, 3.05) is 27.3 Å². The molecule has 0 radical (unpaired) electrons. The number of H-pyrrole nitrogens is 2. The molecule has 1 unspecified atom stereocenters. The number of aryl methyl sites for hydroxylation is 2. The SMILES string of the molecule is CCc1cnc(C2Oc3cc(-c4cnc([C@@H]5CCCN5C(=O)[C@@H](NC(=O)OC)C(C)C)[nH]4)cc(C)c3-c3cc4cc(-c5cnc([C@@H]6CCCN6C(=O)[C@@H](NC(=O)OC)C(C)C)[nH]5)ccc4n32)s1. The number of hydrogen-bond donors (Lipinski definition) is 4. The quantitative estimate of drug-likeness (QED) is 0.0923. The van der Waals surface area contributed by atoms with Crippen LogP contribution in [0.2, 0.25) is 0 Å². The Bertz CT molecular complexity index is 2840. The molecule has 3 aliphatic rings. The number of carbonyl (C=O) groups excluding carboxylic acids is 4. The van der Waals surface area contributed by atoms with Crippen molar-refractivity contribution < 1.29 is 33.4 Å². The lowest BCUT2D eigenvalue weighted by Crippen LogP contribution is -2.51. The van der Waals surface area contributed by atoms with Crippen LogP contribution in [-0.4, -0.2) is 103 Å². The number of hydrogen-bond acceptors (Lipinski definition) is 11. The average molecular weight is 931 g/mol. The Morgan fingerprint density at radius 1 is 0.791 bits per heavy atom. The summed E-state index contributed by atoms with van der Waals surface area (Å²) in [7, 11) is 2.58. The van der Waals surface area contributed by atoms with Crippen LogP contribution in [0.5, 0.6) is 5.75 Å². The lowest BCUT2D eigenvalue weighted by molar-refractivity contribution is -0.136. The van der Waals surface area contributed by atoms with Gasteiger partial charge in [0, 0.05) is 46.2 Å². The molecule has 7 heterocycles. The molecule has 352 valence electrons. The maximum absolute atomic E-state index is 13.8. The molecule has 4 N–H and O–H groups in total. The number of thiazole rings is 1. The summed E-state index contributed by atoms with van der Waals surface area (Å²) in [4.78, 5) is 78.3. The zero-order chi connectivity index (χ0) is 47.3. The molecule has 4 amide bonds. The second-order valence-electron chi connectivity index (χ2n) is 18.3. The van der Waals surface area contributed by atoms with Gasteiger partial charge in [0.15, 0.2) is 5.01 Å². The van der Waals surface area contributed by atoms with Gasteiger partial charge in [0.25, 0.3) is 0 Å². The topological polar surface area (TPSA) is 202 Å². The van der Waals surface area contributed by atoms with Crippen LogP contribution >= 0.6 is 11.3 Å². The second-order valence-corrected chi connectivity index (χ2v) is 19.4. The number of benzene rings is 2. The Morgan fingerprint density at radius 2 is 1.37 bits per heavy atom. The van der Waals surface area contributed by atoms with Crippen molar-refractivity contribution in [3.63, 3.8) is 0 Å². The maximum Gasteiger partial charge on any atom is 0.407 e. The van der Waals surface area contributed by atoms with Crippen molar-refractivity contribution in [2.24, 2.45) is 11.8 Å². The van der Waals surface area contributed by atoms with Crippen LogP contribution in [0, 0.1) is 18.8 Å². The molecule has 0 spiro atoms. The normalized spacial score (nSPS) is 18.7. The van der Waals surface area contributed by atoms with Gasteiger partial charge in [0.1, 0.15) is 29.5 Å². The van der Waals surface area contributed by atoms with Crippen LogP contribution in [-0.2, 0) is 25.5 Å². The Hall–Kier alpha value is -6.69. The monoisotopic (exact) mass is 930 g/mol. The number of alkyl carbamates (subject to hydrolysis) is 2. The summed E-state index contributed by atoms with van der Waals surface area (Å²) in [5.41, 5.74) is 7.47. The minimum absolute atomic E-state index is 0.131. The first-order valence-electron chi connectivity index (χ1n) is 23.1. The minimum Gasteiger partial charge on any atom is -0.463 e. The molecule has 67 heavy (non-hydrogen) atoms. The fraction of sp³-hybridized carbons (Fsp3) is 0.449. The standard InChI is InChI=1S/C49H58N10O7S/c1-9-31-22-52-44(67-31)47-59-34-15-14-28(32-23-50-42(53-32)35-12-10-16-57(35)45(60)40(25(2)3)55-48(62)64-7)19-30(34)20-37(59)39-27(6)18-29(21-38(39)66-47)33-24-51-43(54-33)36-13-11-17-58(36)46(61)41(26(4)5)56-49(63)65-8/h14-15,18-26,35-36,40-41,47H,9-13,16-17H2,1-8H3,(H,50,53)(H,51,54)(H,55,62)(H,56,63)/t35-,36-,40-,41-,47?/m0/s1. The minimum atomic E-state index is -0.725. The summed E-state index contributed by atoms with van der Waals surface area (Å²) in [6.45, 7) is 13.0. The van der Waals surface area contributed by atoms with E-state index in [9.17, 15) is 19.2 Å². The zero-order valence-electron chi connectivity index (χ0n) is 39.1. The molecular weight excluding hydrogens is 873 g/mol. The fourth-order valence-electron chi connectivity index (χ4n) is 9.81. The van der Waals surface area contributed by atoms with E-state index in [2.05, 4.69) is 75.4 Å². The number of aromatic nitrogens is 6. The van der Waals surface area contributed by atoms with Crippen LogP contribution < -0.4 is 15.4 Å².